The second kappa shape index (κ2) is 5.29. The molecular weight excluding hydrogens is 309 g/mol. The first kappa shape index (κ1) is 13.4. The molecule has 2 N–H and O–H groups in total. The number of nitriles is 1. The number of nitrogens with two attached hydrogens (primary N) is 1. The van der Waals surface area contributed by atoms with E-state index in [4.69, 9.17) is 11.0 Å². The van der Waals surface area contributed by atoms with E-state index in [0.29, 0.717) is 21.4 Å². The van der Waals surface area contributed by atoms with Gasteiger partial charge in [-0.1, -0.05) is 6.07 Å². The zero-order valence-electron chi connectivity index (χ0n) is 10.2. The van der Waals surface area contributed by atoms with Crippen molar-refractivity contribution in [3.05, 3.63) is 52.3 Å². The second-order valence-electron chi connectivity index (χ2n) is 4.05. The van der Waals surface area contributed by atoms with Crippen LogP contribution in [0.2, 0.25) is 0 Å². The molecule has 0 saturated carbocycles. The van der Waals surface area contributed by atoms with E-state index in [1.807, 2.05) is 6.07 Å². The molecule has 0 radical (unpaired) electrons. The first-order valence-corrected chi connectivity index (χ1v) is 6.30. The van der Waals surface area contributed by atoms with Gasteiger partial charge in [0, 0.05) is 18.8 Å². The number of nitrogen functional groups attached to an aromatic ring is 1. The maximum Gasteiger partial charge on any atom is 0.139 e. The summed E-state index contributed by atoms with van der Waals surface area (Å²) < 4.78 is 13.9. The van der Waals surface area contributed by atoms with Crippen LogP contribution >= 0.6 is 15.9 Å². The van der Waals surface area contributed by atoms with E-state index in [2.05, 4.69) is 22.0 Å². The Kier molecular flexibility index (Phi) is 3.72. The van der Waals surface area contributed by atoms with Gasteiger partial charge in [0.15, 0.2) is 0 Å². The molecule has 0 spiro atoms. The van der Waals surface area contributed by atoms with Crippen molar-refractivity contribution >= 4 is 33.0 Å². The fourth-order valence-electron chi connectivity index (χ4n) is 1.77. The second-order valence-corrected chi connectivity index (χ2v) is 4.90. The Bertz CT molecular complexity index is 664. The standard InChI is InChI=1S/C14H11BrFN3/c1-19(10-4-2-3-9(5-10)8-17)14-7-12(16)11(15)6-13(14)18/h2-7H,18H2,1H3. The van der Waals surface area contributed by atoms with E-state index in [-0.39, 0.29) is 5.82 Å². The quantitative estimate of drug-likeness (QED) is 0.856. The minimum Gasteiger partial charge on any atom is -0.397 e. The Morgan fingerprint density at radius 1 is 1.32 bits per heavy atom. The van der Waals surface area contributed by atoms with Crippen molar-refractivity contribution in [1.82, 2.24) is 0 Å². The summed E-state index contributed by atoms with van der Waals surface area (Å²) in [4.78, 5) is 1.74. The Morgan fingerprint density at radius 3 is 2.74 bits per heavy atom. The van der Waals surface area contributed by atoms with Crippen molar-refractivity contribution in [3.63, 3.8) is 0 Å². The lowest BCUT2D eigenvalue weighted by atomic mass is 10.2. The average Bonchev–Trinajstić information content (AvgIpc) is 2.42. The minimum atomic E-state index is -0.382. The predicted molar refractivity (Wildman–Crippen MR) is 77.7 cm³/mol. The minimum absolute atomic E-state index is 0.327. The number of halogens is 2. The molecule has 0 amide bonds. The number of nitrogens with zero attached hydrogens (tertiary/aromatic N) is 2. The number of hydrogen-bond acceptors (Lipinski definition) is 3. The summed E-state index contributed by atoms with van der Waals surface area (Å²) in [6.45, 7) is 0. The average molecular weight is 320 g/mol. The highest BCUT2D eigenvalue weighted by atomic mass is 79.9. The van der Waals surface area contributed by atoms with E-state index >= 15 is 0 Å². The highest BCUT2D eigenvalue weighted by Crippen LogP contribution is 2.33. The fourth-order valence-corrected chi connectivity index (χ4v) is 2.13. The molecule has 0 heterocycles. The molecule has 96 valence electrons. The molecule has 2 aromatic rings. The molecule has 5 heteroatoms. The first-order chi connectivity index (χ1) is 9.02. The van der Waals surface area contributed by atoms with E-state index in [9.17, 15) is 4.39 Å². The van der Waals surface area contributed by atoms with Crippen molar-refractivity contribution in [2.75, 3.05) is 17.7 Å². The topological polar surface area (TPSA) is 53.0 Å². The van der Waals surface area contributed by atoms with Gasteiger partial charge in [-0.15, -0.1) is 0 Å². The SMILES string of the molecule is CN(c1cccc(C#N)c1)c1cc(F)c(Br)cc1N. The van der Waals surface area contributed by atoms with Gasteiger partial charge < -0.3 is 10.6 Å². The Labute approximate surface area is 119 Å². The lowest BCUT2D eigenvalue weighted by molar-refractivity contribution is 0.621. The van der Waals surface area contributed by atoms with Crippen LogP contribution in [0, 0.1) is 17.1 Å². The molecule has 0 aliphatic carbocycles. The van der Waals surface area contributed by atoms with Crippen LogP contribution in [0.1, 0.15) is 5.56 Å². The van der Waals surface area contributed by atoms with Crippen LogP contribution in [0.25, 0.3) is 0 Å². The Balaban J connectivity index is 2.47. The normalized spacial score (nSPS) is 10.0. The molecule has 0 saturated heterocycles. The monoisotopic (exact) mass is 319 g/mol. The largest absolute Gasteiger partial charge is 0.397 e. The Morgan fingerprint density at radius 2 is 2.05 bits per heavy atom. The van der Waals surface area contributed by atoms with Gasteiger partial charge in [-0.2, -0.15) is 5.26 Å². The molecule has 19 heavy (non-hydrogen) atoms. The maximum absolute atomic E-state index is 13.6. The van der Waals surface area contributed by atoms with Gasteiger partial charge in [0.2, 0.25) is 0 Å². The summed E-state index contributed by atoms with van der Waals surface area (Å²) in [6, 6.07) is 12.0. The summed E-state index contributed by atoms with van der Waals surface area (Å²) in [5.74, 6) is -0.382. The van der Waals surface area contributed by atoms with Gasteiger partial charge in [-0.25, -0.2) is 4.39 Å². The summed E-state index contributed by atoms with van der Waals surface area (Å²) in [6.07, 6.45) is 0. The number of benzene rings is 2. The maximum atomic E-state index is 13.6. The first-order valence-electron chi connectivity index (χ1n) is 5.51. The van der Waals surface area contributed by atoms with Crippen LogP contribution in [0.5, 0.6) is 0 Å². The summed E-state index contributed by atoms with van der Waals surface area (Å²) in [7, 11) is 1.77. The fraction of sp³-hybridized carbons (Fsp3) is 0.0714. The number of hydrogen-bond donors (Lipinski definition) is 1. The molecule has 0 atom stereocenters. The lowest BCUT2D eigenvalue weighted by Crippen LogP contribution is -2.12. The third-order valence-electron chi connectivity index (χ3n) is 2.79. The molecule has 2 rings (SSSR count). The van der Waals surface area contributed by atoms with Crippen LogP contribution in [-0.2, 0) is 0 Å². The van der Waals surface area contributed by atoms with Crippen molar-refractivity contribution in [2.45, 2.75) is 0 Å². The molecule has 3 nitrogen and oxygen atoms in total. The molecule has 0 aliphatic rings. The molecule has 0 unspecified atom stereocenters. The summed E-state index contributed by atoms with van der Waals surface area (Å²) >= 11 is 3.09. The van der Waals surface area contributed by atoms with Gasteiger partial charge in [0.1, 0.15) is 5.82 Å². The van der Waals surface area contributed by atoms with Gasteiger partial charge in [-0.3, -0.25) is 0 Å². The zero-order chi connectivity index (χ0) is 14.0. The summed E-state index contributed by atoms with van der Waals surface area (Å²) in [5, 5.41) is 8.89. The van der Waals surface area contributed by atoms with Crippen molar-refractivity contribution in [2.24, 2.45) is 0 Å². The van der Waals surface area contributed by atoms with Gasteiger partial charge in [0.25, 0.3) is 0 Å². The van der Waals surface area contributed by atoms with Crippen LogP contribution in [0.15, 0.2) is 40.9 Å². The van der Waals surface area contributed by atoms with Crippen LogP contribution in [-0.4, -0.2) is 7.05 Å². The predicted octanol–water partition coefficient (Wildman–Crippen LogP) is 3.81. The lowest BCUT2D eigenvalue weighted by Gasteiger charge is -2.21. The zero-order valence-corrected chi connectivity index (χ0v) is 11.8. The Hall–Kier alpha value is -2.06. The molecule has 0 bridgehead atoms. The molecule has 0 aromatic heterocycles. The van der Waals surface area contributed by atoms with Gasteiger partial charge >= 0.3 is 0 Å². The van der Waals surface area contributed by atoms with Gasteiger partial charge in [0.05, 0.1) is 27.5 Å². The summed E-state index contributed by atoms with van der Waals surface area (Å²) in [5.41, 5.74) is 8.22. The molecular formula is C14H11BrFN3. The molecule has 2 aromatic carbocycles. The highest BCUT2D eigenvalue weighted by molar-refractivity contribution is 9.10. The molecule has 0 aliphatic heterocycles. The number of rotatable bonds is 2. The van der Waals surface area contributed by atoms with Crippen LogP contribution in [0.4, 0.5) is 21.5 Å². The van der Waals surface area contributed by atoms with E-state index in [1.54, 1.807) is 30.1 Å². The van der Waals surface area contributed by atoms with Gasteiger partial charge in [-0.05, 0) is 40.2 Å². The number of anilines is 3. The van der Waals surface area contributed by atoms with Crippen molar-refractivity contribution < 1.29 is 4.39 Å². The van der Waals surface area contributed by atoms with E-state index in [1.165, 1.54) is 12.1 Å². The third-order valence-corrected chi connectivity index (χ3v) is 3.40. The van der Waals surface area contributed by atoms with E-state index in [0.717, 1.165) is 5.69 Å². The van der Waals surface area contributed by atoms with Crippen molar-refractivity contribution in [3.8, 4) is 6.07 Å². The van der Waals surface area contributed by atoms with Crippen LogP contribution < -0.4 is 10.6 Å². The third kappa shape index (κ3) is 2.69. The van der Waals surface area contributed by atoms with Crippen molar-refractivity contribution in [1.29, 1.82) is 5.26 Å². The highest BCUT2D eigenvalue weighted by Gasteiger charge is 2.11. The van der Waals surface area contributed by atoms with E-state index < -0.39 is 0 Å². The molecule has 0 fully saturated rings. The smallest absolute Gasteiger partial charge is 0.139 e. The van der Waals surface area contributed by atoms with Crippen LogP contribution in [0.3, 0.4) is 0 Å².